The molecule has 1 amide bonds. The first-order valence-corrected chi connectivity index (χ1v) is 9.63. The highest BCUT2D eigenvalue weighted by Crippen LogP contribution is 2.45. The van der Waals surface area contributed by atoms with Gasteiger partial charge in [0, 0.05) is 25.3 Å². The van der Waals surface area contributed by atoms with E-state index in [0.717, 1.165) is 51.4 Å². The SMILES string of the molecule is CC(=O)O[C@@H]1CCc2cc([C@H]3CC[C@]4(CCCC(=O)N4)C3)ccc2C1. The van der Waals surface area contributed by atoms with Crippen molar-refractivity contribution < 1.29 is 14.3 Å². The Balaban J connectivity index is 1.46. The van der Waals surface area contributed by atoms with E-state index in [1.54, 1.807) is 0 Å². The van der Waals surface area contributed by atoms with E-state index in [2.05, 4.69) is 23.5 Å². The standard InChI is InChI=1S/C21H27NO3/c1-14(23)25-19-7-6-15-11-16(4-5-17(15)12-19)18-8-10-21(13-18)9-2-3-20(24)22-21/h4-5,11,18-19H,2-3,6-10,12-13H2,1H3,(H,22,24)/t18-,19+,21+/m0/s1. The maximum atomic E-state index is 11.8. The summed E-state index contributed by atoms with van der Waals surface area (Å²) in [5.74, 6) is 0.597. The molecule has 3 aliphatic rings. The van der Waals surface area contributed by atoms with Gasteiger partial charge in [0.1, 0.15) is 6.10 Å². The fraction of sp³-hybridized carbons (Fsp3) is 0.619. The second-order valence-electron chi connectivity index (χ2n) is 8.12. The summed E-state index contributed by atoms with van der Waals surface area (Å²) in [6.07, 6.45) is 8.95. The molecule has 0 aromatic heterocycles. The monoisotopic (exact) mass is 341 g/mol. The molecule has 1 saturated heterocycles. The molecule has 1 spiro atoms. The number of esters is 1. The van der Waals surface area contributed by atoms with Crippen LogP contribution < -0.4 is 5.32 Å². The quantitative estimate of drug-likeness (QED) is 0.839. The van der Waals surface area contributed by atoms with Crippen LogP contribution >= 0.6 is 0 Å². The van der Waals surface area contributed by atoms with Crippen LogP contribution in [0.3, 0.4) is 0 Å². The lowest BCUT2D eigenvalue weighted by Crippen LogP contribution is -2.49. The molecule has 3 atom stereocenters. The second kappa shape index (κ2) is 6.47. The molecule has 25 heavy (non-hydrogen) atoms. The molecule has 1 aromatic rings. The zero-order valence-electron chi connectivity index (χ0n) is 15.0. The summed E-state index contributed by atoms with van der Waals surface area (Å²) < 4.78 is 5.38. The largest absolute Gasteiger partial charge is 0.462 e. The summed E-state index contributed by atoms with van der Waals surface area (Å²) in [5.41, 5.74) is 4.20. The third-order valence-corrected chi connectivity index (χ3v) is 6.29. The molecule has 134 valence electrons. The number of nitrogens with one attached hydrogen (secondary N) is 1. The molecule has 1 saturated carbocycles. The van der Waals surface area contributed by atoms with Crippen LogP contribution in [0.25, 0.3) is 0 Å². The average Bonchev–Trinajstić information content (AvgIpc) is 2.97. The van der Waals surface area contributed by atoms with E-state index < -0.39 is 0 Å². The predicted molar refractivity (Wildman–Crippen MR) is 95.3 cm³/mol. The molecule has 4 rings (SSSR count). The lowest BCUT2D eigenvalue weighted by Gasteiger charge is -2.34. The number of hydrogen-bond donors (Lipinski definition) is 1. The van der Waals surface area contributed by atoms with Crippen molar-refractivity contribution in [2.45, 2.75) is 82.3 Å². The van der Waals surface area contributed by atoms with Gasteiger partial charge in [0.15, 0.2) is 0 Å². The molecule has 1 N–H and O–H groups in total. The number of carbonyl (C=O) groups is 2. The van der Waals surface area contributed by atoms with Crippen molar-refractivity contribution in [3.63, 3.8) is 0 Å². The summed E-state index contributed by atoms with van der Waals surface area (Å²) in [7, 11) is 0. The first kappa shape index (κ1) is 16.6. The Kier molecular flexibility index (Phi) is 4.30. The van der Waals surface area contributed by atoms with Gasteiger partial charge in [-0.1, -0.05) is 18.2 Å². The summed E-state index contributed by atoms with van der Waals surface area (Å²) in [6, 6.07) is 6.85. The summed E-state index contributed by atoms with van der Waals surface area (Å²) in [6.45, 7) is 1.48. The van der Waals surface area contributed by atoms with Crippen LogP contribution in [-0.4, -0.2) is 23.5 Å². The first-order chi connectivity index (χ1) is 12.0. The van der Waals surface area contributed by atoms with Gasteiger partial charge in [-0.25, -0.2) is 0 Å². The highest BCUT2D eigenvalue weighted by molar-refractivity contribution is 5.77. The highest BCUT2D eigenvalue weighted by atomic mass is 16.5. The molecule has 2 fully saturated rings. The minimum atomic E-state index is -0.184. The van der Waals surface area contributed by atoms with Gasteiger partial charge >= 0.3 is 5.97 Å². The first-order valence-electron chi connectivity index (χ1n) is 9.63. The van der Waals surface area contributed by atoms with Crippen molar-refractivity contribution in [3.8, 4) is 0 Å². The summed E-state index contributed by atoms with van der Waals surface area (Å²) in [5, 5.41) is 3.29. The summed E-state index contributed by atoms with van der Waals surface area (Å²) >= 11 is 0. The summed E-state index contributed by atoms with van der Waals surface area (Å²) in [4.78, 5) is 23.0. The molecule has 1 aromatic carbocycles. The molecule has 0 bridgehead atoms. The highest BCUT2D eigenvalue weighted by Gasteiger charge is 2.42. The fourth-order valence-electron chi connectivity index (χ4n) is 5.09. The van der Waals surface area contributed by atoms with E-state index >= 15 is 0 Å². The number of amides is 1. The van der Waals surface area contributed by atoms with Gasteiger partial charge in [-0.2, -0.15) is 0 Å². The Morgan fingerprint density at radius 3 is 2.88 bits per heavy atom. The number of ether oxygens (including phenoxy) is 1. The van der Waals surface area contributed by atoms with Crippen LogP contribution in [0.2, 0.25) is 0 Å². The fourth-order valence-corrected chi connectivity index (χ4v) is 5.09. The second-order valence-corrected chi connectivity index (χ2v) is 8.12. The molecule has 4 heteroatoms. The number of aryl methyl sites for hydroxylation is 1. The van der Waals surface area contributed by atoms with E-state index in [-0.39, 0.29) is 23.5 Å². The topological polar surface area (TPSA) is 55.4 Å². The van der Waals surface area contributed by atoms with Crippen molar-refractivity contribution in [3.05, 3.63) is 34.9 Å². The lowest BCUT2D eigenvalue weighted by molar-refractivity contribution is -0.146. The number of rotatable bonds is 2. The molecular weight excluding hydrogens is 314 g/mol. The van der Waals surface area contributed by atoms with E-state index in [9.17, 15) is 9.59 Å². The maximum Gasteiger partial charge on any atom is 0.302 e. The molecular formula is C21H27NO3. The normalized spacial score (nSPS) is 31.5. The number of piperidine rings is 1. The van der Waals surface area contributed by atoms with Crippen LogP contribution in [0.1, 0.15) is 74.5 Å². The van der Waals surface area contributed by atoms with Gasteiger partial charge in [0.25, 0.3) is 0 Å². The van der Waals surface area contributed by atoms with Gasteiger partial charge in [-0.3, -0.25) is 9.59 Å². The zero-order chi connectivity index (χ0) is 17.4. The molecule has 1 aliphatic heterocycles. The third kappa shape index (κ3) is 3.44. The predicted octanol–water partition coefficient (Wildman–Crippen LogP) is 3.41. The van der Waals surface area contributed by atoms with Crippen molar-refractivity contribution in [2.75, 3.05) is 0 Å². The van der Waals surface area contributed by atoms with Gasteiger partial charge in [0.2, 0.25) is 5.91 Å². The Hall–Kier alpha value is -1.84. The Labute approximate surface area is 149 Å². The molecule has 1 heterocycles. The van der Waals surface area contributed by atoms with Gasteiger partial charge in [-0.15, -0.1) is 0 Å². The Bertz CT molecular complexity index is 698. The van der Waals surface area contributed by atoms with E-state index in [1.807, 2.05) is 0 Å². The van der Waals surface area contributed by atoms with E-state index in [1.165, 1.54) is 23.6 Å². The average molecular weight is 341 g/mol. The third-order valence-electron chi connectivity index (χ3n) is 6.29. The van der Waals surface area contributed by atoms with Crippen LogP contribution in [0.15, 0.2) is 18.2 Å². The van der Waals surface area contributed by atoms with Crippen molar-refractivity contribution in [1.82, 2.24) is 5.32 Å². The van der Waals surface area contributed by atoms with E-state index in [4.69, 9.17) is 4.74 Å². The van der Waals surface area contributed by atoms with Crippen LogP contribution in [0.5, 0.6) is 0 Å². The molecule has 4 nitrogen and oxygen atoms in total. The number of hydrogen-bond acceptors (Lipinski definition) is 3. The zero-order valence-corrected chi connectivity index (χ0v) is 15.0. The van der Waals surface area contributed by atoms with Gasteiger partial charge in [0.05, 0.1) is 0 Å². The Morgan fingerprint density at radius 2 is 2.08 bits per heavy atom. The number of carbonyl (C=O) groups excluding carboxylic acids is 2. The van der Waals surface area contributed by atoms with Crippen molar-refractivity contribution in [1.29, 1.82) is 0 Å². The maximum absolute atomic E-state index is 11.8. The van der Waals surface area contributed by atoms with Crippen molar-refractivity contribution in [2.24, 2.45) is 0 Å². The van der Waals surface area contributed by atoms with Crippen LogP contribution in [0.4, 0.5) is 0 Å². The van der Waals surface area contributed by atoms with Gasteiger partial charge in [-0.05, 0) is 67.6 Å². The molecule has 0 unspecified atom stereocenters. The van der Waals surface area contributed by atoms with Crippen LogP contribution in [0, 0.1) is 0 Å². The Morgan fingerprint density at radius 1 is 1.20 bits per heavy atom. The van der Waals surface area contributed by atoms with E-state index in [0.29, 0.717) is 12.3 Å². The van der Waals surface area contributed by atoms with Gasteiger partial charge < -0.3 is 10.1 Å². The minimum absolute atomic E-state index is 0.0306. The van der Waals surface area contributed by atoms with Crippen LogP contribution in [-0.2, 0) is 27.2 Å². The number of benzene rings is 1. The van der Waals surface area contributed by atoms with Crippen molar-refractivity contribution >= 4 is 11.9 Å². The minimum Gasteiger partial charge on any atom is -0.462 e. The molecule has 2 aliphatic carbocycles. The number of fused-ring (bicyclic) bond motifs is 1. The smallest absolute Gasteiger partial charge is 0.302 e. The lowest BCUT2D eigenvalue weighted by atomic mass is 9.83. The molecule has 0 radical (unpaired) electrons.